The van der Waals surface area contributed by atoms with Crippen LogP contribution < -0.4 is 9.64 Å². The maximum atomic E-state index is 12.4. The number of aromatic nitrogens is 4. The normalized spacial score (nSPS) is 14.7. The van der Waals surface area contributed by atoms with Gasteiger partial charge in [-0.15, -0.1) is 15.3 Å². The van der Waals surface area contributed by atoms with E-state index in [9.17, 15) is 4.79 Å². The van der Waals surface area contributed by atoms with Gasteiger partial charge in [0.1, 0.15) is 17.9 Å². The van der Waals surface area contributed by atoms with Crippen LogP contribution in [0.3, 0.4) is 0 Å². The van der Waals surface area contributed by atoms with Gasteiger partial charge in [-0.1, -0.05) is 23.7 Å². The van der Waals surface area contributed by atoms with Gasteiger partial charge in [0.05, 0.1) is 5.02 Å². The first-order chi connectivity index (χ1) is 12.7. The van der Waals surface area contributed by atoms with Gasteiger partial charge < -0.3 is 14.5 Å². The van der Waals surface area contributed by atoms with Crippen molar-refractivity contribution in [2.75, 3.05) is 37.7 Å². The lowest BCUT2D eigenvalue weighted by Gasteiger charge is -2.35. The SMILES string of the molecule is O=C(COc1ccccc1Cl)N1CCN(c2ccc3nncn3n2)CC1. The van der Waals surface area contributed by atoms with Crippen molar-refractivity contribution in [3.8, 4) is 5.75 Å². The molecule has 0 aliphatic carbocycles. The van der Waals surface area contributed by atoms with Gasteiger partial charge >= 0.3 is 0 Å². The number of fused-ring (bicyclic) bond motifs is 1. The Labute approximate surface area is 154 Å². The molecule has 0 saturated carbocycles. The number of para-hydroxylation sites is 1. The summed E-state index contributed by atoms with van der Waals surface area (Å²) < 4.78 is 7.18. The number of anilines is 1. The number of benzene rings is 1. The first kappa shape index (κ1) is 16.6. The van der Waals surface area contributed by atoms with Crippen LogP contribution in [-0.2, 0) is 4.79 Å². The number of rotatable bonds is 4. The number of amides is 1. The molecule has 0 atom stereocenters. The third kappa shape index (κ3) is 3.41. The smallest absolute Gasteiger partial charge is 0.260 e. The highest BCUT2D eigenvalue weighted by molar-refractivity contribution is 6.32. The second-order valence-electron chi connectivity index (χ2n) is 5.91. The van der Waals surface area contributed by atoms with Crippen LogP contribution in [-0.4, -0.2) is 63.4 Å². The molecule has 1 amide bonds. The van der Waals surface area contributed by atoms with Crippen molar-refractivity contribution in [2.45, 2.75) is 0 Å². The molecule has 3 aromatic rings. The molecule has 3 heterocycles. The van der Waals surface area contributed by atoms with E-state index in [1.807, 2.05) is 24.3 Å². The highest BCUT2D eigenvalue weighted by atomic mass is 35.5. The zero-order valence-corrected chi connectivity index (χ0v) is 14.7. The monoisotopic (exact) mass is 372 g/mol. The molecule has 0 N–H and O–H groups in total. The molecule has 26 heavy (non-hydrogen) atoms. The van der Waals surface area contributed by atoms with E-state index in [0.29, 0.717) is 42.6 Å². The summed E-state index contributed by atoms with van der Waals surface area (Å²) in [5, 5.41) is 12.8. The van der Waals surface area contributed by atoms with E-state index in [-0.39, 0.29) is 12.5 Å². The second-order valence-corrected chi connectivity index (χ2v) is 6.32. The lowest BCUT2D eigenvalue weighted by molar-refractivity contribution is -0.133. The summed E-state index contributed by atoms with van der Waals surface area (Å²) in [7, 11) is 0. The highest BCUT2D eigenvalue weighted by Gasteiger charge is 2.22. The molecule has 0 unspecified atom stereocenters. The summed E-state index contributed by atoms with van der Waals surface area (Å²) in [5.41, 5.74) is 0.708. The van der Waals surface area contributed by atoms with Crippen LogP contribution in [0.4, 0.5) is 5.82 Å². The molecule has 0 bridgehead atoms. The summed E-state index contributed by atoms with van der Waals surface area (Å²) in [6.07, 6.45) is 1.57. The topological polar surface area (TPSA) is 75.9 Å². The van der Waals surface area contributed by atoms with Crippen molar-refractivity contribution < 1.29 is 9.53 Å². The van der Waals surface area contributed by atoms with Crippen LogP contribution in [0.2, 0.25) is 5.02 Å². The van der Waals surface area contributed by atoms with Crippen LogP contribution in [0, 0.1) is 0 Å². The summed E-state index contributed by atoms with van der Waals surface area (Å²) in [6.45, 7) is 2.63. The molecule has 1 fully saturated rings. The van der Waals surface area contributed by atoms with E-state index in [4.69, 9.17) is 16.3 Å². The van der Waals surface area contributed by atoms with Gasteiger partial charge in [-0.2, -0.15) is 4.52 Å². The van der Waals surface area contributed by atoms with Crippen LogP contribution in [0.15, 0.2) is 42.7 Å². The van der Waals surface area contributed by atoms with Crippen molar-refractivity contribution in [3.63, 3.8) is 0 Å². The molecule has 1 aromatic carbocycles. The summed E-state index contributed by atoms with van der Waals surface area (Å²) in [4.78, 5) is 16.3. The Balaban J connectivity index is 1.32. The molecule has 0 radical (unpaired) electrons. The Hall–Kier alpha value is -2.87. The summed E-state index contributed by atoms with van der Waals surface area (Å²) in [5.74, 6) is 1.32. The average Bonchev–Trinajstić information content (AvgIpc) is 3.15. The number of nitrogens with zero attached hydrogens (tertiary/aromatic N) is 6. The van der Waals surface area contributed by atoms with Crippen LogP contribution in [0.5, 0.6) is 5.75 Å². The molecule has 134 valence electrons. The van der Waals surface area contributed by atoms with Gasteiger partial charge in [-0.05, 0) is 24.3 Å². The largest absolute Gasteiger partial charge is 0.482 e. The van der Waals surface area contributed by atoms with Gasteiger partial charge in [-0.25, -0.2) is 0 Å². The third-order valence-corrected chi connectivity index (χ3v) is 4.60. The Kier molecular flexibility index (Phi) is 4.57. The fraction of sp³-hybridized carbons (Fsp3) is 0.294. The van der Waals surface area contributed by atoms with Crippen LogP contribution >= 0.6 is 11.6 Å². The van der Waals surface area contributed by atoms with E-state index in [2.05, 4.69) is 20.2 Å². The van der Waals surface area contributed by atoms with Gasteiger partial charge in [-0.3, -0.25) is 4.79 Å². The van der Waals surface area contributed by atoms with Gasteiger partial charge in [0, 0.05) is 26.2 Å². The second kappa shape index (κ2) is 7.17. The van der Waals surface area contributed by atoms with E-state index < -0.39 is 0 Å². The molecule has 2 aromatic heterocycles. The predicted octanol–water partition coefficient (Wildman–Crippen LogP) is 1.51. The van der Waals surface area contributed by atoms with E-state index in [1.165, 1.54) is 0 Å². The average molecular weight is 373 g/mol. The van der Waals surface area contributed by atoms with E-state index in [0.717, 1.165) is 5.82 Å². The van der Waals surface area contributed by atoms with Crippen LogP contribution in [0.1, 0.15) is 0 Å². The van der Waals surface area contributed by atoms with Crippen molar-refractivity contribution in [2.24, 2.45) is 0 Å². The third-order valence-electron chi connectivity index (χ3n) is 4.29. The Morgan fingerprint density at radius 2 is 1.92 bits per heavy atom. The minimum Gasteiger partial charge on any atom is -0.482 e. The minimum absolute atomic E-state index is 0.0192. The fourth-order valence-corrected chi connectivity index (χ4v) is 3.05. The molecule has 9 heteroatoms. The number of ether oxygens (including phenoxy) is 1. The van der Waals surface area contributed by atoms with Crippen molar-refractivity contribution in [3.05, 3.63) is 47.7 Å². The molecule has 0 spiro atoms. The zero-order chi connectivity index (χ0) is 17.9. The molecule has 1 aliphatic rings. The van der Waals surface area contributed by atoms with Crippen molar-refractivity contribution in [1.29, 1.82) is 0 Å². The Morgan fingerprint density at radius 3 is 2.73 bits per heavy atom. The number of hydrogen-bond donors (Lipinski definition) is 0. The van der Waals surface area contributed by atoms with E-state index in [1.54, 1.807) is 27.9 Å². The number of carbonyl (C=O) groups excluding carboxylic acids is 1. The summed E-state index contributed by atoms with van der Waals surface area (Å²) >= 11 is 6.04. The predicted molar refractivity (Wildman–Crippen MR) is 96.5 cm³/mol. The fourth-order valence-electron chi connectivity index (χ4n) is 2.86. The Bertz CT molecular complexity index is 922. The minimum atomic E-state index is -0.0493. The van der Waals surface area contributed by atoms with Crippen LogP contribution in [0.25, 0.3) is 5.65 Å². The first-order valence-corrected chi connectivity index (χ1v) is 8.65. The molecule has 1 saturated heterocycles. The molecular formula is C17H17ClN6O2. The summed E-state index contributed by atoms with van der Waals surface area (Å²) in [6, 6.07) is 10.9. The number of carbonyl (C=O) groups is 1. The number of piperazine rings is 1. The number of hydrogen-bond acceptors (Lipinski definition) is 6. The van der Waals surface area contributed by atoms with Gasteiger partial charge in [0.15, 0.2) is 12.3 Å². The van der Waals surface area contributed by atoms with Crippen molar-refractivity contribution in [1.82, 2.24) is 24.7 Å². The molecule has 4 rings (SSSR count). The molecular weight excluding hydrogens is 356 g/mol. The Morgan fingerprint density at radius 1 is 1.12 bits per heavy atom. The molecule has 1 aliphatic heterocycles. The van der Waals surface area contributed by atoms with Gasteiger partial charge in [0.2, 0.25) is 0 Å². The van der Waals surface area contributed by atoms with E-state index >= 15 is 0 Å². The quantitative estimate of drug-likeness (QED) is 0.691. The highest BCUT2D eigenvalue weighted by Crippen LogP contribution is 2.23. The zero-order valence-electron chi connectivity index (χ0n) is 14.0. The lowest BCUT2D eigenvalue weighted by atomic mass is 10.3. The molecule has 8 nitrogen and oxygen atoms in total. The first-order valence-electron chi connectivity index (χ1n) is 8.28. The maximum absolute atomic E-state index is 12.4. The lowest BCUT2D eigenvalue weighted by Crippen LogP contribution is -2.50. The number of halogens is 1. The maximum Gasteiger partial charge on any atom is 0.260 e. The standard InChI is InChI=1S/C17H17ClN6O2/c18-13-3-1-2-4-14(13)26-11-17(25)23-9-7-22(8-10-23)16-6-5-15-20-19-12-24(15)21-16/h1-6,12H,7-11H2. The van der Waals surface area contributed by atoms with Gasteiger partial charge in [0.25, 0.3) is 5.91 Å². The van der Waals surface area contributed by atoms with Crippen molar-refractivity contribution >= 4 is 29.0 Å².